The van der Waals surface area contributed by atoms with Crippen molar-refractivity contribution in [3.63, 3.8) is 0 Å². The Morgan fingerprint density at radius 3 is 1.91 bits per heavy atom. The van der Waals surface area contributed by atoms with Crippen LogP contribution < -0.4 is 4.74 Å². The lowest BCUT2D eigenvalue weighted by Gasteiger charge is -2.13. The molecule has 1 atom stereocenters. The van der Waals surface area contributed by atoms with Gasteiger partial charge in [0.05, 0.1) is 11.7 Å². The number of esters is 2. The molecule has 0 aliphatic rings. The maximum atomic E-state index is 12.4. The van der Waals surface area contributed by atoms with E-state index < -0.39 is 0 Å². The van der Waals surface area contributed by atoms with Crippen molar-refractivity contribution >= 4 is 11.9 Å². The van der Waals surface area contributed by atoms with Gasteiger partial charge in [0, 0.05) is 6.42 Å². The predicted octanol–water partition coefficient (Wildman–Crippen LogP) is 7.75. The van der Waals surface area contributed by atoms with Crippen LogP contribution in [-0.2, 0) is 9.53 Å². The topological polar surface area (TPSA) is 52.6 Å². The lowest BCUT2D eigenvalue weighted by atomic mass is 10.0. The summed E-state index contributed by atoms with van der Waals surface area (Å²) >= 11 is 0. The van der Waals surface area contributed by atoms with Crippen molar-refractivity contribution in [1.29, 1.82) is 0 Å². The van der Waals surface area contributed by atoms with Gasteiger partial charge < -0.3 is 9.47 Å². The van der Waals surface area contributed by atoms with Gasteiger partial charge >= 0.3 is 11.9 Å². The Morgan fingerprint density at radius 2 is 1.31 bits per heavy atom. The van der Waals surface area contributed by atoms with Crippen molar-refractivity contribution in [3.8, 4) is 16.9 Å². The van der Waals surface area contributed by atoms with Crippen molar-refractivity contribution in [1.82, 2.24) is 0 Å². The zero-order valence-electron chi connectivity index (χ0n) is 19.9. The Kier molecular flexibility index (Phi) is 11.6. The van der Waals surface area contributed by atoms with Gasteiger partial charge in [-0.1, -0.05) is 76.6 Å². The van der Waals surface area contributed by atoms with Crippen molar-refractivity contribution in [2.75, 3.05) is 0 Å². The summed E-state index contributed by atoms with van der Waals surface area (Å²) < 4.78 is 11.0. The zero-order valence-corrected chi connectivity index (χ0v) is 19.9. The van der Waals surface area contributed by atoms with Gasteiger partial charge in [-0.25, -0.2) is 4.79 Å². The smallest absolute Gasteiger partial charge is 0.338 e. The molecule has 4 nitrogen and oxygen atoms in total. The minimum Gasteiger partial charge on any atom is -0.459 e. The molecule has 0 amide bonds. The van der Waals surface area contributed by atoms with Gasteiger partial charge in [-0.15, -0.1) is 0 Å². The molecule has 0 saturated carbocycles. The van der Waals surface area contributed by atoms with Crippen molar-refractivity contribution in [2.45, 2.75) is 91.1 Å². The number of ether oxygens (including phenoxy) is 2. The second kappa shape index (κ2) is 14.4. The fraction of sp³-hybridized carbons (Fsp3) is 0.500. The Balaban J connectivity index is 1.84. The lowest BCUT2D eigenvalue weighted by molar-refractivity contribution is -0.134. The average molecular weight is 439 g/mol. The van der Waals surface area contributed by atoms with Crippen LogP contribution in [0.1, 0.15) is 95.3 Å². The number of benzene rings is 2. The molecule has 32 heavy (non-hydrogen) atoms. The highest BCUT2D eigenvalue weighted by Crippen LogP contribution is 2.24. The molecule has 1 unspecified atom stereocenters. The van der Waals surface area contributed by atoms with Gasteiger partial charge in [0.1, 0.15) is 5.75 Å². The van der Waals surface area contributed by atoms with E-state index in [4.69, 9.17) is 9.47 Å². The SMILES string of the molecule is CCCCCCC(=O)Oc1ccc(-c2ccc(C(=O)OC(C)CCCCCC)cc2)cc1. The first kappa shape index (κ1) is 25.6. The van der Waals surface area contributed by atoms with E-state index in [2.05, 4.69) is 13.8 Å². The second-order valence-corrected chi connectivity index (χ2v) is 8.45. The summed E-state index contributed by atoms with van der Waals surface area (Å²) in [5, 5.41) is 0. The van der Waals surface area contributed by atoms with Gasteiger partial charge in [-0.05, 0) is 61.6 Å². The van der Waals surface area contributed by atoms with Crippen LogP contribution in [-0.4, -0.2) is 18.0 Å². The quantitative estimate of drug-likeness (QED) is 0.172. The number of rotatable bonds is 14. The minimum atomic E-state index is -0.277. The standard InChI is InChI=1S/C28H38O4/c1-4-6-8-10-12-22(3)31-28(30)25-16-14-23(15-17-25)24-18-20-26(21-19-24)32-27(29)13-11-9-7-5-2/h14-22H,4-13H2,1-3H3. The Hall–Kier alpha value is -2.62. The van der Waals surface area contributed by atoms with Crippen LogP contribution in [0.5, 0.6) is 5.75 Å². The molecule has 174 valence electrons. The highest BCUT2D eigenvalue weighted by Gasteiger charge is 2.12. The number of hydrogen-bond donors (Lipinski definition) is 0. The highest BCUT2D eigenvalue weighted by molar-refractivity contribution is 5.90. The molecule has 0 heterocycles. The summed E-state index contributed by atoms with van der Waals surface area (Å²) in [5.41, 5.74) is 2.55. The minimum absolute atomic E-state index is 0.0686. The molecule has 0 aliphatic carbocycles. The average Bonchev–Trinajstić information content (AvgIpc) is 2.80. The Morgan fingerprint density at radius 1 is 0.750 bits per heavy atom. The van der Waals surface area contributed by atoms with Crippen LogP contribution in [0.25, 0.3) is 11.1 Å². The van der Waals surface area contributed by atoms with Crippen molar-refractivity contribution in [2.24, 2.45) is 0 Å². The number of carbonyl (C=O) groups is 2. The first-order valence-corrected chi connectivity index (χ1v) is 12.2. The number of hydrogen-bond acceptors (Lipinski definition) is 4. The molecular formula is C28H38O4. The summed E-state index contributed by atoms with van der Waals surface area (Å²) in [5.74, 6) is 0.0967. The van der Waals surface area contributed by atoms with Crippen molar-refractivity contribution in [3.05, 3.63) is 54.1 Å². The van der Waals surface area contributed by atoms with E-state index in [-0.39, 0.29) is 18.0 Å². The lowest BCUT2D eigenvalue weighted by Crippen LogP contribution is -2.15. The molecule has 2 aromatic carbocycles. The summed E-state index contributed by atoms with van der Waals surface area (Å²) in [6.45, 7) is 6.29. The van der Waals surface area contributed by atoms with Crippen LogP contribution in [0.4, 0.5) is 0 Å². The molecule has 0 bridgehead atoms. The second-order valence-electron chi connectivity index (χ2n) is 8.45. The van der Waals surface area contributed by atoms with Crippen LogP contribution in [0, 0.1) is 0 Å². The normalized spacial score (nSPS) is 11.7. The number of unbranched alkanes of at least 4 members (excludes halogenated alkanes) is 6. The maximum Gasteiger partial charge on any atom is 0.338 e. The third-order valence-electron chi connectivity index (χ3n) is 5.55. The Labute approximate surface area is 193 Å². The van der Waals surface area contributed by atoms with Crippen LogP contribution in [0.3, 0.4) is 0 Å². The van der Waals surface area contributed by atoms with E-state index in [0.717, 1.165) is 49.7 Å². The summed E-state index contributed by atoms with van der Waals surface area (Å²) in [6, 6.07) is 14.9. The third kappa shape index (κ3) is 9.25. The van der Waals surface area contributed by atoms with Gasteiger partial charge in [0.15, 0.2) is 0 Å². The fourth-order valence-electron chi connectivity index (χ4n) is 3.56. The predicted molar refractivity (Wildman–Crippen MR) is 130 cm³/mol. The number of carbonyl (C=O) groups excluding carboxylic acids is 2. The first-order chi connectivity index (χ1) is 15.5. The molecule has 0 aliphatic heterocycles. The van der Waals surface area contributed by atoms with Crippen LogP contribution >= 0.6 is 0 Å². The van der Waals surface area contributed by atoms with E-state index in [1.807, 2.05) is 43.3 Å². The molecule has 0 saturated heterocycles. The van der Waals surface area contributed by atoms with E-state index >= 15 is 0 Å². The molecule has 0 spiro atoms. The van der Waals surface area contributed by atoms with Gasteiger partial charge in [-0.2, -0.15) is 0 Å². The molecule has 0 N–H and O–H groups in total. The molecular weight excluding hydrogens is 400 g/mol. The van der Waals surface area contributed by atoms with Gasteiger partial charge in [0.25, 0.3) is 0 Å². The monoisotopic (exact) mass is 438 g/mol. The first-order valence-electron chi connectivity index (χ1n) is 12.2. The molecule has 2 rings (SSSR count). The summed E-state index contributed by atoms with van der Waals surface area (Å²) in [4.78, 5) is 24.3. The largest absolute Gasteiger partial charge is 0.459 e. The molecule has 2 aromatic rings. The summed E-state index contributed by atoms with van der Waals surface area (Å²) in [7, 11) is 0. The van der Waals surface area contributed by atoms with Gasteiger partial charge in [0.2, 0.25) is 0 Å². The van der Waals surface area contributed by atoms with E-state index in [0.29, 0.717) is 17.7 Å². The van der Waals surface area contributed by atoms with Crippen molar-refractivity contribution < 1.29 is 19.1 Å². The van der Waals surface area contributed by atoms with E-state index in [1.165, 1.54) is 19.3 Å². The third-order valence-corrected chi connectivity index (χ3v) is 5.55. The fourth-order valence-corrected chi connectivity index (χ4v) is 3.56. The van der Waals surface area contributed by atoms with Crippen LogP contribution in [0.15, 0.2) is 48.5 Å². The molecule has 0 fully saturated rings. The van der Waals surface area contributed by atoms with Crippen LogP contribution in [0.2, 0.25) is 0 Å². The van der Waals surface area contributed by atoms with E-state index in [9.17, 15) is 9.59 Å². The van der Waals surface area contributed by atoms with Gasteiger partial charge in [-0.3, -0.25) is 4.79 Å². The zero-order chi connectivity index (χ0) is 23.2. The highest BCUT2D eigenvalue weighted by atomic mass is 16.5. The molecule has 4 heteroatoms. The summed E-state index contributed by atoms with van der Waals surface area (Å²) in [6.07, 6.45) is 10.2. The van der Waals surface area contributed by atoms with E-state index in [1.54, 1.807) is 12.1 Å². The maximum absolute atomic E-state index is 12.4. The molecule has 0 aromatic heterocycles. The molecule has 0 radical (unpaired) electrons. The Bertz CT molecular complexity index is 808.